The monoisotopic (exact) mass is 404 g/mol. The number of oxazole rings is 1. The number of fused-ring (bicyclic) bond motifs is 2. The van der Waals surface area contributed by atoms with Gasteiger partial charge in [0.25, 0.3) is 6.01 Å². The van der Waals surface area contributed by atoms with Crippen LogP contribution in [0.1, 0.15) is 13.8 Å². The lowest BCUT2D eigenvalue weighted by molar-refractivity contribution is 0.312. The fourth-order valence-electron chi connectivity index (χ4n) is 3.58. The molecule has 0 spiro atoms. The summed E-state index contributed by atoms with van der Waals surface area (Å²) in [5, 5.41) is 2.94. The lowest BCUT2D eigenvalue weighted by Gasteiger charge is -2.33. The molecular formula is C23H28N6O. The van der Waals surface area contributed by atoms with Gasteiger partial charge in [0.1, 0.15) is 11.3 Å². The van der Waals surface area contributed by atoms with Crippen LogP contribution in [-0.4, -0.2) is 60.1 Å². The van der Waals surface area contributed by atoms with Crippen molar-refractivity contribution in [1.29, 1.82) is 0 Å². The smallest absolute Gasteiger partial charge is 0.295 e. The molecule has 0 radical (unpaired) electrons. The summed E-state index contributed by atoms with van der Waals surface area (Å²) in [4.78, 5) is 18.6. The van der Waals surface area contributed by atoms with Gasteiger partial charge in [0, 0.05) is 33.2 Å². The molecule has 3 heterocycles. The van der Waals surface area contributed by atoms with Gasteiger partial charge >= 0.3 is 0 Å². The van der Waals surface area contributed by atoms with Crippen molar-refractivity contribution in [3.05, 3.63) is 42.6 Å². The van der Waals surface area contributed by atoms with E-state index in [1.54, 1.807) is 7.05 Å². The second kappa shape index (κ2) is 8.67. The first-order chi connectivity index (χ1) is 14.7. The highest BCUT2D eigenvalue weighted by Crippen LogP contribution is 2.28. The predicted octanol–water partition coefficient (Wildman–Crippen LogP) is 4.26. The van der Waals surface area contributed by atoms with E-state index in [-0.39, 0.29) is 0 Å². The fraction of sp³-hybridized carbons (Fsp3) is 0.348. The van der Waals surface area contributed by atoms with Gasteiger partial charge in [0.15, 0.2) is 5.58 Å². The van der Waals surface area contributed by atoms with Gasteiger partial charge in [-0.1, -0.05) is 26.0 Å². The van der Waals surface area contributed by atoms with E-state index in [9.17, 15) is 0 Å². The zero-order chi connectivity index (χ0) is 21.1. The molecule has 0 bridgehead atoms. The molecule has 2 aromatic heterocycles. The highest BCUT2D eigenvalue weighted by molar-refractivity contribution is 5.86. The predicted molar refractivity (Wildman–Crippen MR) is 123 cm³/mol. The first-order valence-corrected chi connectivity index (χ1v) is 10.5. The normalized spacial score (nSPS) is 14.6. The average Bonchev–Trinajstić information content (AvgIpc) is 3.23. The molecule has 1 fully saturated rings. The number of likely N-dealkylation sites (N-methyl/N-ethyl adjacent to an activating group) is 1. The zero-order valence-electron chi connectivity index (χ0n) is 18.0. The average molecular weight is 405 g/mol. The van der Waals surface area contributed by atoms with E-state index in [0.29, 0.717) is 6.01 Å². The summed E-state index contributed by atoms with van der Waals surface area (Å²) in [6.07, 6.45) is 1.88. The van der Waals surface area contributed by atoms with E-state index in [4.69, 9.17) is 9.40 Å². The van der Waals surface area contributed by atoms with Crippen molar-refractivity contribution in [2.24, 2.45) is 0 Å². The minimum absolute atomic E-state index is 0.522. The Morgan fingerprint density at radius 3 is 2.30 bits per heavy atom. The van der Waals surface area contributed by atoms with E-state index in [2.05, 4.69) is 44.3 Å². The molecule has 0 amide bonds. The van der Waals surface area contributed by atoms with Crippen LogP contribution in [0.3, 0.4) is 0 Å². The summed E-state index contributed by atoms with van der Waals surface area (Å²) in [6, 6.07) is 12.8. The van der Waals surface area contributed by atoms with Crippen LogP contribution in [0.15, 0.2) is 47.0 Å². The van der Waals surface area contributed by atoms with E-state index in [0.717, 1.165) is 65.3 Å². The number of hydrogen-bond donors (Lipinski definition) is 1. The van der Waals surface area contributed by atoms with Crippen LogP contribution in [0, 0.1) is 0 Å². The van der Waals surface area contributed by atoms with Gasteiger partial charge in [-0.15, -0.1) is 0 Å². The van der Waals surface area contributed by atoms with Crippen LogP contribution in [0.5, 0.6) is 0 Å². The van der Waals surface area contributed by atoms with Crippen molar-refractivity contribution in [2.75, 3.05) is 50.5 Å². The summed E-state index contributed by atoms with van der Waals surface area (Å²) in [6.45, 7) is 8.05. The highest BCUT2D eigenvalue weighted by atomic mass is 16.4. The summed E-state index contributed by atoms with van der Waals surface area (Å²) in [7, 11) is 3.95. The number of nitrogens with one attached hydrogen (secondary N) is 1. The van der Waals surface area contributed by atoms with Gasteiger partial charge < -0.3 is 19.5 Å². The molecule has 0 atom stereocenters. The van der Waals surface area contributed by atoms with Crippen molar-refractivity contribution in [1.82, 2.24) is 19.9 Å². The summed E-state index contributed by atoms with van der Waals surface area (Å²) < 4.78 is 5.62. The van der Waals surface area contributed by atoms with Crippen LogP contribution in [-0.2, 0) is 0 Å². The minimum atomic E-state index is 0.522. The highest BCUT2D eigenvalue weighted by Gasteiger charge is 2.16. The fourth-order valence-corrected chi connectivity index (χ4v) is 3.58. The van der Waals surface area contributed by atoms with Crippen molar-refractivity contribution in [2.45, 2.75) is 13.8 Å². The van der Waals surface area contributed by atoms with Gasteiger partial charge in [-0.05, 0) is 42.4 Å². The molecule has 0 saturated carbocycles. The number of hydrogen-bond acceptors (Lipinski definition) is 7. The molecule has 0 unspecified atom stereocenters. The third-order valence-electron chi connectivity index (χ3n) is 5.29. The van der Waals surface area contributed by atoms with Crippen LogP contribution in [0.4, 0.5) is 11.8 Å². The molecule has 1 saturated heterocycles. The topological polar surface area (TPSA) is 70.3 Å². The first kappa shape index (κ1) is 20.1. The van der Waals surface area contributed by atoms with Crippen molar-refractivity contribution in [3.63, 3.8) is 0 Å². The largest absolute Gasteiger partial charge is 0.424 e. The standard InChI is InChI=1S/C21H22N6O.C2H6/c1-22-21-25-18-12-15(4-6-19(18)28-21)14-3-5-16-17(11-14)24-20(13-23-16)27-9-7-26(2)8-10-27;1-2/h3-6,11-13H,7-10H2,1-2H3,(H,22,25);1-2H3. The molecule has 1 aliphatic rings. The van der Waals surface area contributed by atoms with Crippen LogP contribution in [0.25, 0.3) is 33.3 Å². The summed E-state index contributed by atoms with van der Waals surface area (Å²) >= 11 is 0. The molecule has 1 N–H and O–H groups in total. The Balaban J connectivity index is 0.00000106. The molecule has 4 aromatic rings. The summed E-state index contributed by atoms with van der Waals surface area (Å²) in [5.74, 6) is 0.948. The number of aromatic nitrogens is 3. The molecule has 0 aliphatic carbocycles. The number of nitrogens with zero attached hydrogens (tertiary/aromatic N) is 5. The lowest BCUT2D eigenvalue weighted by Crippen LogP contribution is -2.44. The molecule has 5 rings (SSSR count). The zero-order valence-corrected chi connectivity index (χ0v) is 18.0. The van der Waals surface area contributed by atoms with Gasteiger partial charge in [0.2, 0.25) is 0 Å². The van der Waals surface area contributed by atoms with Gasteiger partial charge in [0.05, 0.1) is 17.2 Å². The van der Waals surface area contributed by atoms with Gasteiger partial charge in [-0.25, -0.2) is 4.98 Å². The Morgan fingerprint density at radius 1 is 0.867 bits per heavy atom. The third-order valence-corrected chi connectivity index (χ3v) is 5.29. The quantitative estimate of drug-likeness (QED) is 0.547. The van der Waals surface area contributed by atoms with Crippen LogP contribution in [0.2, 0.25) is 0 Å². The second-order valence-corrected chi connectivity index (χ2v) is 7.17. The summed E-state index contributed by atoms with van der Waals surface area (Å²) in [5.41, 5.74) is 5.59. The number of benzene rings is 2. The maximum atomic E-state index is 5.62. The molecule has 7 heteroatoms. The Hall–Kier alpha value is -3.19. The molecule has 7 nitrogen and oxygen atoms in total. The number of rotatable bonds is 3. The van der Waals surface area contributed by atoms with E-state index >= 15 is 0 Å². The van der Waals surface area contributed by atoms with E-state index < -0.39 is 0 Å². The Labute approximate surface area is 176 Å². The second-order valence-electron chi connectivity index (χ2n) is 7.17. The molecular weight excluding hydrogens is 376 g/mol. The Bertz CT molecular complexity index is 1150. The van der Waals surface area contributed by atoms with E-state index in [1.807, 2.05) is 44.3 Å². The van der Waals surface area contributed by atoms with Crippen LogP contribution >= 0.6 is 0 Å². The Kier molecular flexibility index (Phi) is 5.81. The first-order valence-electron chi connectivity index (χ1n) is 10.5. The number of piperazine rings is 1. The lowest BCUT2D eigenvalue weighted by atomic mass is 10.0. The number of anilines is 2. The maximum Gasteiger partial charge on any atom is 0.295 e. The van der Waals surface area contributed by atoms with E-state index in [1.165, 1.54) is 0 Å². The van der Waals surface area contributed by atoms with Crippen molar-refractivity contribution < 1.29 is 4.42 Å². The van der Waals surface area contributed by atoms with Crippen LogP contribution < -0.4 is 10.2 Å². The Morgan fingerprint density at radius 2 is 1.57 bits per heavy atom. The maximum absolute atomic E-state index is 5.62. The molecule has 30 heavy (non-hydrogen) atoms. The van der Waals surface area contributed by atoms with Crippen molar-refractivity contribution in [3.8, 4) is 11.1 Å². The minimum Gasteiger partial charge on any atom is -0.424 e. The SMILES string of the molecule is CC.CNc1nc2cc(-c3ccc4ncc(N5CCN(C)CC5)nc4c3)ccc2o1. The van der Waals surface area contributed by atoms with Gasteiger partial charge in [-0.2, -0.15) is 4.98 Å². The third kappa shape index (κ3) is 3.93. The molecule has 1 aliphatic heterocycles. The molecule has 156 valence electrons. The molecule has 2 aromatic carbocycles. The van der Waals surface area contributed by atoms with Crippen molar-refractivity contribution >= 4 is 34.0 Å². The van der Waals surface area contributed by atoms with Gasteiger partial charge in [-0.3, -0.25) is 4.98 Å².